The van der Waals surface area contributed by atoms with Gasteiger partial charge in [-0.05, 0) is 43.2 Å². The van der Waals surface area contributed by atoms with Gasteiger partial charge in [0.2, 0.25) is 23.6 Å². The number of ether oxygens (including phenoxy) is 1. The number of benzene rings is 1. The average molecular weight is 523 g/mol. The van der Waals surface area contributed by atoms with Crippen molar-refractivity contribution in [2.24, 2.45) is 5.41 Å². The number of piperidine rings is 1. The van der Waals surface area contributed by atoms with E-state index in [4.69, 9.17) is 4.74 Å². The summed E-state index contributed by atoms with van der Waals surface area (Å²) in [5, 5.41) is 5.57. The molecular weight excluding hydrogens is 488 g/mol. The Morgan fingerprint density at radius 3 is 2.79 bits per heavy atom. The lowest BCUT2D eigenvalue weighted by Gasteiger charge is -2.28. The maximum absolute atomic E-state index is 13.2. The Bertz CT molecular complexity index is 1170. The molecule has 2 aromatic rings. The van der Waals surface area contributed by atoms with E-state index in [9.17, 15) is 19.2 Å². The Morgan fingerprint density at radius 1 is 1.21 bits per heavy atom. The second kappa shape index (κ2) is 10.8. The van der Waals surface area contributed by atoms with E-state index in [1.807, 2.05) is 30.3 Å². The van der Waals surface area contributed by atoms with Crippen LogP contribution < -0.4 is 15.4 Å². The van der Waals surface area contributed by atoms with Gasteiger partial charge in [0.15, 0.2) is 0 Å². The van der Waals surface area contributed by atoms with Gasteiger partial charge in [0, 0.05) is 25.2 Å². The highest BCUT2D eigenvalue weighted by Crippen LogP contribution is 2.59. The van der Waals surface area contributed by atoms with Crippen LogP contribution in [0.2, 0.25) is 0 Å². The molecule has 1 aliphatic carbocycles. The van der Waals surface area contributed by atoms with Crippen molar-refractivity contribution in [3.05, 3.63) is 48.5 Å². The molecule has 3 heterocycles. The molecule has 38 heavy (non-hydrogen) atoms. The first-order valence-electron chi connectivity index (χ1n) is 13.2. The highest BCUT2D eigenvalue weighted by atomic mass is 16.5. The number of fused-ring (bicyclic) bond motifs is 1. The zero-order chi connectivity index (χ0) is 26.7. The van der Waals surface area contributed by atoms with E-state index in [2.05, 4.69) is 27.5 Å². The van der Waals surface area contributed by atoms with E-state index in [0.29, 0.717) is 39.0 Å². The Kier molecular flexibility index (Phi) is 7.35. The molecule has 3 aliphatic rings. The molecule has 0 spiro atoms. The van der Waals surface area contributed by atoms with E-state index >= 15 is 0 Å². The fraction of sp³-hybridized carbons (Fsp3) is 0.519. The van der Waals surface area contributed by atoms with Gasteiger partial charge >= 0.3 is 0 Å². The van der Waals surface area contributed by atoms with Crippen molar-refractivity contribution < 1.29 is 23.9 Å². The minimum absolute atomic E-state index is 0.0163. The lowest BCUT2D eigenvalue weighted by atomic mass is 10.0. The van der Waals surface area contributed by atoms with Gasteiger partial charge in [-0.3, -0.25) is 19.2 Å². The molecule has 5 rings (SSSR count). The third-order valence-electron chi connectivity index (χ3n) is 7.74. The van der Waals surface area contributed by atoms with Gasteiger partial charge in [-0.1, -0.05) is 25.1 Å². The largest absolute Gasteiger partial charge is 0.494 e. The number of nitrogens with one attached hydrogen (secondary N) is 3. The van der Waals surface area contributed by atoms with Crippen LogP contribution in [0.4, 0.5) is 0 Å². The molecule has 3 fully saturated rings. The molecule has 1 aromatic heterocycles. The second-order valence-electron chi connectivity index (χ2n) is 10.6. The number of para-hydroxylation sites is 1. The number of rotatable bonds is 11. The maximum atomic E-state index is 13.2. The number of amides is 4. The summed E-state index contributed by atoms with van der Waals surface area (Å²) in [6.07, 6.45) is 5.98. The fourth-order valence-corrected chi connectivity index (χ4v) is 5.52. The number of hydrogen-bond acceptors (Lipinski definition) is 6. The molecular formula is C27H34N6O5. The monoisotopic (exact) mass is 522 g/mol. The van der Waals surface area contributed by atoms with Crippen LogP contribution in [0.5, 0.6) is 5.75 Å². The van der Waals surface area contributed by atoms with Gasteiger partial charge in [-0.2, -0.15) is 0 Å². The fourth-order valence-electron chi connectivity index (χ4n) is 5.52. The minimum atomic E-state index is -0.643. The molecule has 0 unspecified atom stereocenters. The molecule has 202 valence electrons. The standard InChI is InChI=1S/C27H34N6O5/c1-27-12-21(25(36)31-20-9-10-32(26(20)37)16-18-14-28-17-30-18)33(22(27)13-27)24(35)15-29-23(34)8-5-11-38-19-6-3-2-4-7-19/h2-4,6-7,14,17,20-22H,5,8-13,15-16H2,1H3,(H,28,30)(H,29,34)(H,31,36)/t20-,21+,22+,27-/m1/s1. The number of carbonyl (C=O) groups excluding carboxylic acids is 4. The first-order valence-corrected chi connectivity index (χ1v) is 13.2. The average Bonchev–Trinajstić information content (AvgIpc) is 3.26. The number of H-pyrrole nitrogens is 1. The van der Waals surface area contributed by atoms with Gasteiger partial charge < -0.3 is 30.2 Å². The van der Waals surface area contributed by atoms with Gasteiger partial charge in [-0.15, -0.1) is 0 Å². The quantitative estimate of drug-likeness (QED) is 0.377. The van der Waals surface area contributed by atoms with Crippen LogP contribution in [0.3, 0.4) is 0 Å². The topological polar surface area (TPSA) is 137 Å². The zero-order valence-corrected chi connectivity index (χ0v) is 21.5. The van der Waals surface area contributed by atoms with Gasteiger partial charge in [0.1, 0.15) is 17.8 Å². The number of carbonyl (C=O) groups is 4. The number of nitrogens with zero attached hydrogens (tertiary/aromatic N) is 3. The molecule has 11 heteroatoms. The van der Waals surface area contributed by atoms with Crippen LogP contribution in [-0.2, 0) is 25.7 Å². The summed E-state index contributed by atoms with van der Waals surface area (Å²) in [4.78, 5) is 61.8. The van der Waals surface area contributed by atoms with Crippen LogP contribution in [0.25, 0.3) is 0 Å². The predicted octanol–water partition coefficient (Wildman–Crippen LogP) is 0.982. The molecule has 0 radical (unpaired) electrons. The number of aromatic amines is 1. The van der Waals surface area contributed by atoms with Crippen molar-refractivity contribution in [1.82, 2.24) is 30.4 Å². The van der Waals surface area contributed by atoms with E-state index in [0.717, 1.165) is 17.9 Å². The summed E-state index contributed by atoms with van der Waals surface area (Å²) in [6.45, 7) is 3.24. The molecule has 11 nitrogen and oxygen atoms in total. The van der Waals surface area contributed by atoms with Crippen LogP contribution in [0.15, 0.2) is 42.9 Å². The lowest BCUT2D eigenvalue weighted by molar-refractivity contribution is -0.141. The smallest absolute Gasteiger partial charge is 0.245 e. The molecule has 2 aliphatic heterocycles. The number of imidazole rings is 1. The number of likely N-dealkylation sites (tertiary alicyclic amines) is 2. The Labute approximate surface area is 221 Å². The summed E-state index contributed by atoms with van der Waals surface area (Å²) in [7, 11) is 0. The summed E-state index contributed by atoms with van der Waals surface area (Å²) in [5.74, 6) is -0.211. The van der Waals surface area contributed by atoms with Crippen LogP contribution in [0.1, 0.15) is 44.7 Å². The number of hydrogen-bond donors (Lipinski definition) is 3. The summed E-state index contributed by atoms with van der Waals surface area (Å²) < 4.78 is 5.60. The predicted molar refractivity (Wildman–Crippen MR) is 136 cm³/mol. The SMILES string of the molecule is C[C@@]12C[C@@H]1N(C(=O)CNC(=O)CCCOc1ccccc1)[C@H](C(=O)N[C@@H]1CCN(Cc3c[nH]cn3)C1=O)C2. The molecule has 3 N–H and O–H groups in total. The minimum Gasteiger partial charge on any atom is -0.494 e. The van der Waals surface area contributed by atoms with Crippen molar-refractivity contribution >= 4 is 23.6 Å². The van der Waals surface area contributed by atoms with Crippen molar-refractivity contribution in [2.75, 3.05) is 19.7 Å². The van der Waals surface area contributed by atoms with Gasteiger partial charge in [0.05, 0.1) is 31.7 Å². The molecule has 4 amide bonds. The van der Waals surface area contributed by atoms with Gasteiger partial charge in [0.25, 0.3) is 0 Å². The van der Waals surface area contributed by atoms with E-state index < -0.39 is 12.1 Å². The van der Waals surface area contributed by atoms with Crippen molar-refractivity contribution in [3.8, 4) is 5.75 Å². The molecule has 1 aromatic carbocycles. The maximum Gasteiger partial charge on any atom is 0.245 e. The second-order valence-corrected chi connectivity index (χ2v) is 10.6. The first-order chi connectivity index (χ1) is 18.3. The van der Waals surface area contributed by atoms with Crippen LogP contribution >= 0.6 is 0 Å². The molecule has 1 saturated carbocycles. The normalized spacial score (nSPS) is 25.7. The third kappa shape index (κ3) is 5.66. The third-order valence-corrected chi connectivity index (χ3v) is 7.74. The Balaban J connectivity index is 1.08. The van der Waals surface area contributed by atoms with E-state index in [-0.39, 0.29) is 48.1 Å². The van der Waals surface area contributed by atoms with E-state index in [1.165, 1.54) is 0 Å². The molecule has 2 saturated heterocycles. The van der Waals surface area contributed by atoms with Crippen molar-refractivity contribution in [1.29, 1.82) is 0 Å². The summed E-state index contributed by atoms with van der Waals surface area (Å²) in [6, 6.07) is 8.11. The number of aromatic nitrogens is 2. The summed E-state index contributed by atoms with van der Waals surface area (Å²) in [5.41, 5.74) is 0.666. The lowest BCUT2D eigenvalue weighted by Crippen LogP contribution is -2.53. The van der Waals surface area contributed by atoms with Crippen LogP contribution in [0, 0.1) is 5.41 Å². The van der Waals surface area contributed by atoms with Crippen LogP contribution in [-0.4, -0.2) is 81.2 Å². The van der Waals surface area contributed by atoms with Crippen molar-refractivity contribution in [2.45, 2.75) is 63.7 Å². The molecule has 4 atom stereocenters. The Morgan fingerprint density at radius 2 is 2.03 bits per heavy atom. The van der Waals surface area contributed by atoms with Gasteiger partial charge in [-0.25, -0.2) is 4.98 Å². The van der Waals surface area contributed by atoms with E-state index in [1.54, 1.807) is 22.3 Å². The first kappa shape index (κ1) is 25.7. The van der Waals surface area contributed by atoms with Crippen molar-refractivity contribution in [3.63, 3.8) is 0 Å². The highest BCUT2D eigenvalue weighted by Gasteiger charge is 2.64. The Hall–Kier alpha value is -3.89. The molecule has 0 bridgehead atoms. The zero-order valence-electron chi connectivity index (χ0n) is 21.5. The summed E-state index contributed by atoms with van der Waals surface area (Å²) >= 11 is 0. The highest BCUT2D eigenvalue weighted by molar-refractivity contribution is 5.94.